The molecule has 134 valence electrons. The van der Waals surface area contributed by atoms with E-state index in [1.54, 1.807) is 35.4 Å². The number of piperidine rings is 1. The van der Waals surface area contributed by atoms with E-state index < -0.39 is 4.92 Å². The number of likely N-dealkylation sites (tertiary alicyclic amines) is 1. The Morgan fingerprint density at radius 2 is 2.12 bits per heavy atom. The highest BCUT2D eigenvalue weighted by atomic mass is 16.6. The molecule has 1 saturated heterocycles. The number of nitrogens with zero attached hydrogens (tertiary/aromatic N) is 4. The van der Waals surface area contributed by atoms with Crippen LogP contribution in [-0.4, -0.2) is 44.9 Å². The summed E-state index contributed by atoms with van der Waals surface area (Å²) in [6.07, 6.45) is 7.78. The maximum absolute atomic E-state index is 12.4. The first-order valence-electron chi connectivity index (χ1n) is 8.26. The second kappa shape index (κ2) is 8.19. The molecule has 1 aliphatic heterocycles. The number of non-ortho nitro benzene ring substituents is 1. The van der Waals surface area contributed by atoms with Crippen LogP contribution in [0.5, 0.6) is 5.88 Å². The fraction of sp³-hybridized carbons (Fsp3) is 0.278. The molecule has 1 aromatic carbocycles. The number of nitro benzene ring substituents is 1. The van der Waals surface area contributed by atoms with Gasteiger partial charge in [0.25, 0.3) is 5.69 Å². The lowest BCUT2D eigenvalue weighted by Crippen LogP contribution is -2.43. The molecule has 2 aromatic rings. The maximum atomic E-state index is 12.4. The van der Waals surface area contributed by atoms with E-state index in [0.717, 1.165) is 18.4 Å². The van der Waals surface area contributed by atoms with E-state index in [0.29, 0.717) is 19.0 Å². The van der Waals surface area contributed by atoms with Crippen LogP contribution in [0.2, 0.25) is 0 Å². The molecule has 8 nitrogen and oxygen atoms in total. The summed E-state index contributed by atoms with van der Waals surface area (Å²) in [7, 11) is 0. The zero-order valence-corrected chi connectivity index (χ0v) is 14.0. The number of aromatic nitrogens is 2. The van der Waals surface area contributed by atoms with Gasteiger partial charge < -0.3 is 9.64 Å². The van der Waals surface area contributed by atoms with Crippen LogP contribution in [-0.2, 0) is 4.79 Å². The number of carbonyl (C=O) groups is 1. The molecule has 3 rings (SSSR count). The first kappa shape index (κ1) is 17.5. The van der Waals surface area contributed by atoms with Crippen LogP contribution in [0.4, 0.5) is 5.69 Å². The highest BCUT2D eigenvalue weighted by Gasteiger charge is 2.24. The van der Waals surface area contributed by atoms with Crippen molar-refractivity contribution in [1.29, 1.82) is 0 Å². The number of carbonyl (C=O) groups excluding carboxylic acids is 1. The zero-order chi connectivity index (χ0) is 18.4. The third-order valence-corrected chi connectivity index (χ3v) is 4.05. The molecule has 2 heterocycles. The van der Waals surface area contributed by atoms with Crippen LogP contribution >= 0.6 is 0 Å². The molecule has 0 bridgehead atoms. The molecule has 1 aromatic heterocycles. The Kier molecular flexibility index (Phi) is 5.52. The Bertz CT molecular complexity index is 793. The van der Waals surface area contributed by atoms with Crippen LogP contribution in [0.15, 0.2) is 48.9 Å². The second-order valence-corrected chi connectivity index (χ2v) is 5.90. The number of rotatable bonds is 5. The van der Waals surface area contributed by atoms with Crippen molar-refractivity contribution in [3.63, 3.8) is 0 Å². The molecule has 0 saturated carbocycles. The van der Waals surface area contributed by atoms with E-state index in [-0.39, 0.29) is 17.7 Å². The molecule has 0 N–H and O–H groups in total. The molecule has 0 spiro atoms. The number of benzene rings is 1. The lowest BCUT2D eigenvalue weighted by Gasteiger charge is -2.31. The molecule has 0 radical (unpaired) electrons. The van der Waals surface area contributed by atoms with Crippen LogP contribution in [0.3, 0.4) is 0 Å². The first-order valence-corrected chi connectivity index (χ1v) is 8.26. The van der Waals surface area contributed by atoms with Gasteiger partial charge in [-0.3, -0.25) is 14.9 Å². The third-order valence-electron chi connectivity index (χ3n) is 4.05. The minimum absolute atomic E-state index is 0.0224. The van der Waals surface area contributed by atoms with Crippen molar-refractivity contribution >= 4 is 17.7 Å². The molecule has 8 heteroatoms. The Morgan fingerprint density at radius 3 is 2.81 bits per heavy atom. The number of hydrogen-bond donors (Lipinski definition) is 0. The van der Waals surface area contributed by atoms with Gasteiger partial charge in [0.2, 0.25) is 11.8 Å². The number of ether oxygens (including phenoxy) is 1. The molecule has 1 amide bonds. The highest BCUT2D eigenvalue weighted by molar-refractivity contribution is 5.91. The minimum Gasteiger partial charge on any atom is -0.472 e. The summed E-state index contributed by atoms with van der Waals surface area (Å²) in [4.78, 5) is 32.2. The van der Waals surface area contributed by atoms with Crippen molar-refractivity contribution in [3.8, 4) is 5.88 Å². The number of nitro groups is 1. The molecular formula is C18H18N4O4. The van der Waals surface area contributed by atoms with Crippen molar-refractivity contribution in [2.75, 3.05) is 13.1 Å². The Labute approximate surface area is 150 Å². The Balaban J connectivity index is 1.57. The molecule has 1 atom stereocenters. The van der Waals surface area contributed by atoms with Gasteiger partial charge in [-0.25, -0.2) is 9.97 Å². The van der Waals surface area contributed by atoms with E-state index in [4.69, 9.17) is 4.74 Å². The first-order chi connectivity index (χ1) is 12.6. The Hall–Kier alpha value is -3.29. The van der Waals surface area contributed by atoms with Gasteiger partial charge in [0, 0.05) is 37.0 Å². The summed E-state index contributed by atoms with van der Waals surface area (Å²) >= 11 is 0. The van der Waals surface area contributed by atoms with Crippen LogP contribution in [0, 0.1) is 10.1 Å². The zero-order valence-electron chi connectivity index (χ0n) is 14.0. The fourth-order valence-corrected chi connectivity index (χ4v) is 2.73. The van der Waals surface area contributed by atoms with E-state index >= 15 is 0 Å². The second-order valence-electron chi connectivity index (χ2n) is 5.90. The van der Waals surface area contributed by atoms with Crippen LogP contribution in [0.1, 0.15) is 18.4 Å². The third kappa shape index (κ3) is 4.62. The molecule has 1 fully saturated rings. The van der Waals surface area contributed by atoms with E-state index in [9.17, 15) is 14.9 Å². The van der Waals surface area contributed by atoms with Gasteiger partial charge in [-0.15, -0.1) is 0 Å². The molecular weight excluding hydrogens is 336 g/mol. The number of hydrogen-bond acceptors (Lipinski definition) is 6. The predicted molar refractivity (Wildman–Crippen MR) is 94.4 cm³/mol. The maximum Gasteiger partial charge on any atom is 0.269 e. The van der Waals surface area contributed by atoms with Gasteiger partial charge in [-0.05, 0) is 36.6 Å². The van der Waals surface area contributed by atoms with Gasteiger partial charge in [-0.2, -0.15) is 0 Å². The average molecular weight is 354 g/mol. The van der Waals surface area contributed by atoms with E-state index in [1.165, 1.54) is 24.5 Å². The van der Waals surface area contributed by atoms with Gasteiger partial charge in [0.1, 0.15) is 12.4 Å². The van der Waals surface area contributed by atoms with Crippen molar-refractivity contribution < 1.29 is 14.5 Å². The van der Waals surface area contributed by atoms with Crippen LogP contribution in [0.25, 0.3) is 6.08 Å². The summed E-state index contributed by atoms with van der Waals surface area (Å²) < 4.78 is 5.80. The van der Waals surface area contributed by atoms with Crippen molar-refractivity contribution in [2.45, 2.75) is 18.9 Å². The normalized spacial score (nSPS) is 17.2. The van der Waals surface area contributed by atoms with E-state index in [2.05, 4.69) is 9.97 Å². The van der Waals surface area contributed by atoms with E-state index in [1.807, 2.05) is 0 Å². The van der Waals surface area contributed by atoms with Crippen LogP contribution < -0.4 is 4.74 Å². The monoisotopic (exact) mass is 354 g/mol. The van der Waals surface area contributed by atoms with Crippen molar-refractivity contribution in [2.24, 2.45) is 0 Å². The Morgan fingerprint density at radius 1 is 1.31 bits per heavy atom. The molecule has 0 aliphatic carbocycles. The van der Waals surface area contributed by atoms with Gasteiger partial charge in [-0.1, -0.05) is 0 Å². The summed E-state index contributed by atoms with van der Waals surface area (Å²) in [6.45, 7) is 1.17. The van der Waals surface area contributed by atoms with Gasteiger partial charge >= 0.3 is 0 Å². The van der Waals surface area contributed by atoms with Crippen molar-refractivity contribution in [3.05, 3.63) is 64.6 Å². The molecule has 1 unspecified atom stereocenters. The quantitative estimate of drug-likeness (QED) is 0.465. The van der Waals surface area contributed by atoms with Crippen molar-refractivity contribution in [1.82, 2.24) is 14.9 Å². The molecule has 1 aliphatic rings. The SMILES string of the molecule is O=C(/C=C/c1ccc([N+](=O)[O-])cc1)N1CCCC(Oc2ccncn2)C1. The smallest absolute Gasteiger partial charge is 0.269 e. The fourth-order valence-electron chi connectivity index (χ4n) is 2.73. The standard InChI is InChI=1S/C18H18N4O4/c23-18(8-5-14-3-6-15(7-4-14)22(24)25)21-11-1-2-16(12-21)26-17-9-10-19-13-20-17/h3-10,13,16H,1-2,11-12H2/b8-5+. The summed E-state index contributed by atoms with van der Waals surface area (Å²) in [6, 6.07) is 7.74. The lowest BCUT2D eigenvalue weighted by molar-refractivity contribution is -0.384. The molecule has 26 heavy (non-hydrogen) atoms. The largest absolute Gasteiger partial charge is 0.472 e. The summed E-state index contributed by atoms with van der Waals surface area (Å²) in [5, 5.41) is 10.7. The highest BCUT2D eigenvalue weighted by Crippen LogP contribution is 2.17. The minimum atomic E-state index is -0.454. The average Bonchev–Trinajstić information content (AvgIpc) is 2.67. The van der Waals surface area contributed by atoms with Gasteiger partial charge in [0.15, 0.2) is 0 Å². The summed E-state index contributed by atoms with van der Waals surface area (Å²) in [5.74, 6) is 0.389. The number of amides is 1. The lowest BCUT2D eigenvalue weighted by atomic mass is 10.1. The summed E-state index contributed by atoms with van der Waals surface area (Å²) in [5.41, 5.74) is 0.754. The topological polar surface area (TPSA) is 98.5 Å². The predicted octanol–water partition coefficient (Wildman–Crippen LogP) is 2.47. The van der Waals surface area contributed by atoms with Gasteiger partial charge in [0.05, 0.1) is 11.5 Å².